The van der Waals surface area contributed by atoms with Gasteiger partial charge in [0, 0.05) is 18.0 Å². The van der Waals surface area contributed by atoms with Crippen molar-refractivity contribution in [3.05, 3.63) is 64.5 Å². The number of carbonyl (C=O) groups is 1. The summed E-state index contributed by atoms with van der Waals surface area (Å²) in [6, 6.07) is 13.9. The molecule has 0 saturated carbocycles. The molecule has 0 aliphatic rings. The van der Waals surface area contributed by atoms with Crippen molar-refractivity contribution in [3.63, 3.8) is 0 Å². The normalized spacial score (nSPS) is 10.5. The van der Waals surface area contributed by atoms with Crippen molar-refractivity contribution < 1.29 is 13.9 Å². The van der Waals surface area contributed by atoms with Crippen molar-refractivity contribution in [1.29, 1.82) is 0 Å². The van der Waals surface area contributed by atoms with Gasteiger partial charge < -0.3 is 19.8 Å². The highest BCUT2D eigenvalue weighted by atomic mass is 16.5. The zero-order chi connectivity index (χ0) is 18.5. The van der Waals surface area contributed by atoms with Gasteiger partial charge in [-0.05, 0) is 42.8 Å². The Bertz CT molecular complexity index is 977. The van der Waals surface area contributed by atoms with Gasteiger partial charge in [0.05, 0.1) is 12.3 Å². The van der Waals surface area contributed by atoms with Crippen LogP contribution < -0.4 is 21.0 Å². The first-order valence-corrected chi connectivity index (χ1v) is 8.42. The molecule has 2 aromatic carbocycles. The van der Waals surface area contributed by atoms with Crippen LogP contribution in [0.1, 0.15) is 23.7 Å². The van der Waals surface area contributed by atoms with Gasteiger partial charge in [0.25, 0.3) is 5.91 Å². The van der Waals surface area contributed by atoms with Crippen molar-refractivity contribution in [2.45, 2.75) is 13.3 Å². The molecule has 6 nitrogen and oxygen atoms in total. The number of fused-ring (bicyclic) bond motifs is 1. The molecule has 1 heterocycles. The van der Waals surface area contributed by atoms with Crippen LogP contribution in [0.25, 0.3) is 11.0 Å². The number of carbonyl (C=O) groups excluding carboxylic acids is 1. The second-order valence-corrected chi connectivity index (χ2v) is 5.71. The maximum absolute atomic E-state index is 12.5. The summed E-state index contributed by atoms with van der Waals surface area (Å²) in [5, 5.41) is 6.34. The molecule has 0 fully saturated rings. The maximum Gasteiger partial charge on any atom is 0.362 e. The maximum atomic E-state index is 12.5. The van der Waals surface area contributed by atoms with Crippen LogP contribution in [0.4, 0.5) is 11.4 Å². The standard InChI is InChI=1S/C20H20N2O4/c1-3-12-25-14-10-8-13(9-11-14)19(23)22-18-17(21-2)15-6-4-5-7-16(15)26-20(18)24/h4-11,21H,3,12H2,1-2H3,(H,22,23). The summed E-state index contributed by atoms with van der Waals surface area (Å²) in [5.41, 5.74) is 0.876. The van der Waals surface area contributed by atoms with Crippen LogP contribution in [-0.4, -0.2) is 19.6 Å². The molecule has 3 rings (SSSR count). The molecular weight excluding hydrogens is 332 g/mol. The Morgan fingerprint density at radius 2 is 1.81 bits per heavy atom. The van der Waals surface area contributed by atoms with Gasteiger partial charge in [0.2, 0.25) is 0 Å². The molecule has 0 aliphatic carbocycles. The summed E-state index contributed by atoms with van der Waals surface area (Å²) >= 11 is 0. The highest BCUT2D eigenvalue weighted by Gasteiger charge is 2.17. The van der Waals surface area contributed by atoms with Crippen LogP contribution in [0, 0.1) is 0 Å². The zero-order valence-corrected chi connectivity index (χ0v) is 14.7. The average Bonchev–Trinajstić information content (AvgIpc) is 2.67. The van der Waals surface area contributed by atoms with Crippen LogP contribution >= 0.6 is 0 Å². The van der Waals surface area contributed by atoms with E-state index in [0.717, 1.165) is 6.42 Å². The monoisotopic (exact) mass is 352 g/mol. The first-order chi connectivity index (χ1) is 12.6. The van der Waals surface area contributed by atoms with Crippen LogP contribution in [0.2, 0.25) is 0 Å². The van der Waals surface area contributed by atoms with Gasteiger partial charge in [-0.2, -0.15) is 0 Å². The van der Waals surface area contributed by atoms with Crippen molar-refractivity contribution in [3.8, 4) is 5.75 Å². The van der Waals surface area contributed by atoms with E-state index in [4.69, 9.17) is 9.15 Å². The minimum Gasteiger partial charge on any atom is -0.494 e. The number of amides is 1. The lowest BCUT2D eigenvalue weighted by Gasteiger charge is -2.12. The molecule has 0 spiro atoms. The fourth-order valence-corrected chi connectivity index (χ4v) is 2.63. The number of benzene rings is 2. The van der Waals surface area contributed by atoms with Crippen molar-refractivity contribution in [2.24, 2.45) is 0 Å². The Labute approximate surface area is 150 Å². The topological polar surface area (TPSA) is 80.6 Å². The minimum atomic E-state index is -0.607. The average molecular weight is 352 g/mol. The summed E-state index contributed by atoms with van der Waals surface area (Å²) in [6.45, 7) is 2.64. The molecule has 6 heteroatoms. The molecule has 1 amide bonds. The third kappa shape index (κ3) is 3.54. The predicted molar refractivity (Wildman–Crippen MR) is 102 cm³/mol. The van der Waals surface area contributed by atoms with E-state index in [1.54, 1.807) is 43.4 Å². The Morgan fingerprint density at radius 3 is 2.50 bits per heavy atom. The first kappa shape index (κ1) is 17.5. The molecule has 1 aromatic heterocycles. The molecule has 2 N–H and O–H groups in total. The van der Waals surface area contributed by atoms with Gasteiger partial charge in [-0.1, -0.05) is 19.1 Å². The third-order valence-electron chi connectivity index (χ3n) is 3.89. The number of hydrogen-bond acceptors (Lipinski definition) is 5. The van der Waals surface area contributed by atoms with Gasteiger partial charge in [-0.25, -0.2) is 4.79 Å². The van der Waals surface area contributed by atoms with E-state index in [2.05, 4.69) is 10.6 Å². The number of ether oxygens (including phenoxy) is 1. The van der Waals surface area contributed by atoms with Crippen molar-refractivity contribution in [2.75, 3.05) is 24.3 Å². The van der Waals surface area contributed by atoms with Crippen molar-refractivity contribution in [1.82, 2.24) is 0 Å². The summed E-state index contributed by atoms with van der Waals surface area (Å²) in [6.07, 6.45) is 0.909. The van der Waals surface area contributed by atoms with E-state index in [0.29, 0.717) is 34.6 Å². The molecule has 0 atom stereocenters. The van der Waals surface area contributed by atoms with E-state index in [-0.39, 0.29) is 5.69 Å². The molecule has 134 valence electrons. The minimum absolute atomic E-state index is 0.0857. The Kier molecular flexibility index (Phi) is 5.22. The van der Waals surface area contributed by atoms with Gasteiger partial charge >= 0.3 is 5.63 Å². The SMILES string of the molecule is CCCOc1ccc(C(=O)Nc2c(NC)c3ccccc3oc2=O)cc1. The molecule has 0 bridgehead atoms. The largest absolute Gasteiger partial charge is 0.494 e. The molecule has 3 aromatic rings. The van der Waals surface area contributed by atoms with Gasteiger partial charge in [0.1, 0.15) is 11.3 Å². The van der Waals surface area contributed by atoms with E-state index < -0.39 is 11.5 Å². The number of anilines is 2. The second kappa shape index (κ2) is 7.74. The summed E-state index contributed by atoms with van der Waals surface area (Å²) in [7, 11) is 1.69. The smallest absolute Gasteiger partial charge is 0.362 e. The zero-order valence-electron chi connectivity index (χ0n) is 14.7. The lowest BCUT2D eigenvalue weighted by molar-refractivity contribution is 0.102. The van der Waals surface area contributed by atoms with E-state index in [9.17, 15) is 9.59 Å². The molecule has 0 unspecified atom stereocenters. The Morgan fingerprint density at radius 1 is 1.08 bits per heavy atom. The molecular formula is C20H20N2O4. The second-order valence-electron chi connectivity index (χ2n) is 5.71. The lowest BCUT2D eigenvalue weighted by atomic mass is 10.1. The first-order valence-electron chi connectivity index (χ1n) is 8.42. The van der Waals surface area contributed by atoms with Crippen LogP contribution in [0.5, 0.6) is 5.75 Å². The van der Waals surface area contributed by atoms with E-state index >= 15 is 0 Å². The Balaban J connectivity index is 1.89. The third-order valence-corrected chi connectivity index (χ3v) is 3.89. The molecule has 0 saturated heterocycles. The lowest BCUT2D eigenvalue weighted by Crippen LogP contribution is -2.19. The summed E-state index contributed by atoms with van der Waals surface area (Å²) < 4.78 is 10.8. The number of para-hydroxylation sites is 1. The fraction of sp³-hybridized carbons (Fsp3) is 0.200. The van der Waals surface area contributed by atoms with Crippen LogP contribution in [0.15, 0.2) is 57.7 Å². The van der Waals surface area contributed by atoms with E-state index in [1.807, 2.05) is 19.1 Å². The predicted octanol–water partition coefficient (Wildman–Crippen LogP) is 3.88. The number of hydrogen-bond donors (Lipinski definition) is 2. The molecule has 26 heavy (non-hydrogen) atoms. The summed E-state index contributed by atoms with van der Waals surface area (Å²) in [5.74, 6) is 0.302. The summed E-state index contributed by atoms with van der Waals surface area (Å²) in [4.78, 5) is 24.8. The van der Waals surface area contributed by atoms with Gasteiger partial charge in [0.15, 0.2) is 5.69 Å². The van der Waals surface area contributed by atoms with Crippen LogP contribution in [0.3, 0.4) is 0 Å². The van der Waals surface area contributed by atoms with Crippen LogP contribution in [-0.2, 0) is 0 Å². The highest BCUT2D eigenvalue weighted by molar-refractivity contribution is 6.08. The van der Waals surface area contributed by atoms with Gasteiger partial charge in [-0.15, -0.1) is 0 Å². The number of nitrogens with one attached hydrogen (secondary N) is 2. The quantitative estimate of drug-likeness (QED) is 0.658. The molecule has 0 radical (unpaired) electrons. The highest BCUT2D eigenvalue weighted by Crippen LogP contribution is 2.28. The van der Waals surface area contributed by atoms with Gasteiger partial charge in [-0.3, -0.25) is 4.79 Å². The van der Waals surface area contributed by atoms with E-state index in [1.165, 1.54) is 0 Å². The van der Waals surface area contributed by atoms with Crippen molar-refractivity contribution >= 4 is 28.3 Å². The Hall–Kier alpha value is -3.28. The number of rotatable bonds is 6. The fourth-order valence-electron chi connectivity index (χ4n) is 2.63. The molecule has 0 aliphatic heterocycles.